The maximum atomic E-state index is 10.9. The zero-order chi connectivity index (χ0) is 14.8. The lowest BCUT2D eigenvalue weighted by molar-refractivity contribution is -0.384. The second-order valence-corrected chi connectivity index (χ2v) is 6.55. The number of hydrogen-bond acceptors (Lipinski definition) is 2. The van der Waals surface area contributed by atoms with Gasteiger partial charge in [-0.1, -0.05) is 37.7 Å². The van der Waals surface area contributed by atoms with Crippen LogP contribution in [-0.4, -0.2) is 4.92 Å². The van der Waals surface area contributed by atoms with Gasteiger partial charge in [0.05, 0.1) is 4.92 Å². The van der Waals surface area contributed by atoms with E-state index >= 15 is 0 Å². The number of benzene rings is 1. The number of rotatable bonds is 4. The quantitative estimate of drug-likeness (QED) is 0.547. The predicted octanol–water partition coefficient (Wildman–Crippen LogP) is 5.42. The molecule has 2 aliphatic rings. The summed E-state index contributed by atoms with van der Waals surface area (Å²) in [7, 11) is 0. The maximum absolute atomic E-state index is 10.9. The second-order valence-electron chi connectivity index (χ2n) is 6.55. The van der Waals surface area contributed by atoms with E-state index in [0.717, 1.165) is 11.5 Å². The molecule has 0 aromatic heterocycles. The van der Waals surface area contributed by atoms with E-state index in [2.05, 4.69) is 0 Å². The van der Waals surface area contributed by atoms with Crippen LogP contribution in [0.1, 0.15) is 62.5 Å². The van der Waals surface area contributed by atoms with Crippen LogP contribution in [0.15, 0.2) is 23.8 Å². The molecule has 0 unspecified atom stereocenters. The van der Waals surface area contributed by atoms with Crippen LogP contribution in [0.5, 0.6) is 0 Å². The molecule has 0 aliphatic heterocycles. The molecule has 0 atom stereocenters. The molecular formula is C18H23NO2. The van der Waals surface area contributed by atoms with E-state index in [1.807, 2.05) is 13.0 Å². The summed E-state index contributed by atoms with van der Waals surface area (Å²) in [6.45, 7) is 2.01. The summed E-state index contributed by atoms with van der Waals surface area (Å²) < 4.78 is 0. The Morgan fingerprint density at radius 2 is 1.95 bits per heavy atom. The van der Waals surface area contributed by atoms with E-state index in [1.54, 1.807) is 17.7 Å². The van der Waals surface area contributed by atoms with Crippen LogP contribution in [0.3, 0.4) is 0 Å². The lowest BCUT2D eigenvalue weighted by atomic mass is 9.82. The van der Waals surface area contributed by atoms with Crippen molar-refractivity contribution in [2.24, 2.45) is 5.92 Å². The molecule has 0 heterocycles. The Bertz CT molecular complexity index is 577. The van der Waals surface area contributed by atoms with Gasteiger partial charge in [-0.25, -0.2) is 0 Å². The fourth-order valence-corrected chi connectivity index (χ4v) is 3.59. The molecule has 0 spiro atoms. The van der Waals surface area contributed by atoms with E-state index < -0.39 is 0 Å². The summed E-state index contributed by atoms with van der Waals surface area (Å²) in [6, 6.07) is 5.35. The topological polar surface area (TPSA) is 43.1 Å². The molecule has 0 amide bonds. The SMILES string of the molecule is Cc1cc([N+](=O)[O-])ccc1C(CC1CCCCC1)=C1CC1. The van der Waals surface area contributed by atoms with Crippen LogP contribution >= 0.6 is 0 Å². The molecule has 2 fully saturated rings. The maximum Gasteiger partial charge on any atom is 0.269 e. The van der Waals surface area contributed by atoms with Crippen molar-refractivity contribution in [3.8, 4) is 0 Å². The van der Waals surface area contributed by atoms with Crippen LogP contribution in [0.25, 0.3) is 5.57 Å². The van der Waals surface area contributed by atoms with Crippen molar-refractivity contribution in [2.45, 2.75) is 58.3 Å². The standard InChI is InChI=1S/C18H23NO2/c1-13-11-16(19(20)21)9-10-17(13)18(15-7-8-15)12-14-5-3-2-4-6-14/h9-11,14H,2-8,12H2,1H3. The first-order chi connectivity index (χ1) is 10.1. The third kappa shape index (κ3) is 3.34. The number of nitro groups is 1. The van der Waals surface area contributed by atoms with Crippen molar-refractivity contribution >= 4 is 11.3 Å². The van der Waals surface area contributed by atoms with Crippen LogP contribution in [0.4, 0.5) is 5.69 Å². The summed E-state index contributed by atoms with van der Waals surface area (Å²) in [5.74, 6) is 0.816. The van der Waals surface area contributed by atoms with Crippen LogP contribution in [0, 0.1) is 23.0 Å². The molecule has 3 rings (SSSR count). The van der Waals surface area contributed by atoms with Gasteiger partial charge in [0.2, 0.25) is 0 Å². The van der Waals surface area contributed by atoms with Crippen molar-refractivity contribution in [3.05, 3.63) is 45.0 Å². The highest BCUT2D eigenvalue weighted by molar-refractivity contribution is 5.74. The smallest absolute Gasteiger partial charge is 0.258 e. The molecule has 1 aromatic carbocycles. The van der Waals surface area contributed by atoms with Gasteiger partial charge in [-0.2, -0.15) is 0 Å². The van der Waals surface area contributed by atoms with Crippen molar-refractivity contribution in [3.63, 3.8) is 0 Å². The molecular weight excluding hydrogens is 262 g/mol. The Balaban J connectivity index is 1.85. The van der Waals surface area contributed by atoms with Gasteiger partial charge in [-0.05, 0) is 54.9 Å². The average Bonchev–Trinajstić information content (AvgIpc) is 3.31. The number of nitrogens with zero attached hydrogens (tertiary/aromatic N) is 1. The highest BCUT2D eigenvalue weighted by Gasteiger charge is 2.24. The van der Waals surface area contributed by atoms with Crippen molar-refractivity contribution in [2.75, 3.05) is 0 Å². The third-order valence-corrected chi connectivity index (χ3v) is 4.89. The van der Waals surface area contributed by atoms with Crippen molar-refractivity contribution < 1.29 is 4.92 Å². The van der Waals surface area contributed by atoms with Gasteiger partial charge >= 0.3 is 0 Å². The van der Waals surface area contributed by atoms with E-state index in [1.165, 1.54) is 62.5 Å². The van der Waals surface area contributed by atoms with Crippen LogP contribution in [0.2, 0.25) is 0 Å². The van der Waals surface area contributed by atoms with E-state index in [4.69, 9.17) is 0 Å². The molecule has 3 nitrogen and oxygen atoms in total. The third-order valence-electron chi connectivity index (χ3n) is 4.89. The zero-order valence-electron chi connectivity index (χ0n) is 12.7. The summed E-state index contributed by atoms with van der Waals surface area (Å²) in [5.41, 5.74) is 5.58. The van der Waals surface area contributed by atoms with Gasteiger partial charge in [0.15, 0.2) is 0 Å². The monoisotopic (exact) mass is 285 g/mol. The Hall–Kier alpha value is -1.64. The van der Waals surface area contributed by atoms with Gasteiger partial charge in [0, 0.05) is 12.1 Å². The fraction of sp³-hybridized carbons (Fsp3) is 0.556. The number of non-ortho nitro benzene ring substituents is 1. The van der Waals surface area contributed by atoms with Crippen molar-refractivity contribution in [1.29, 1.82) is 0 Å². The Labute approximate surface area is 126 Å². The summed E-state index contributed by atoms with van der Waals surface area (Å²) in [4.78, 5) is 10.6. The summed E-state index contributed by atoms with van der Waals surface area (Å²) >= 11 is 0. The van der Waals surface area contributed by atoms with Gasteiger partial charge in [0.1, 0.15) is 0 Å². The van der Waals surface area contributed by atoms with E-state index in [0.29, 0.717) is 0 Å². The largest absolute Gasteiger partial charge is 0.269 e. The summed E-state index contributed by atoms with van der Waals surface area (Å²) in [6.07, 6.45) is 10.4. The van der Waals surface area contributed by atoms with Crippen molar-refractivity contribution in [1.82, 2.24) is 0 Å². The Morgan fingerprint density at radius 1 is 1.24 bits per heavy atom. The highest BCUT2D eigenvalue weighted by atomic mass is 16.6. The minimum Gasteiger partial charge on any atom is -0.258 e. The number of allylic oxidation sites excluding steroid dienone is 2. The molecule has 0 N–H and O–H groups in total. The lowest BCUT2D eigenvalue weighted by Crippen LogP contribution is -2.07. The molecule has 1 aromatic rings. The minimum atomic E-state index is -0.304. The molecule has 0 bridgehead atoms. The van der Waals surface area contributed by atoms with E-state index in [-0.39, 0.29) is 10.6 Å². The second kappa shape index (κ2) is 6.00. The predicted molar refractivity (Wildman–Crippen MR) is 85.2 cm³/mol. The average molecular weight is 285 g/mol. The van der Waals surface area contributed by atoms with Gasteiger partial charge in [0.25, 0.3) is 5.69 Å². The van der Waals surface area contributed by atoms with E-state index in [9.17, 15) is 10.1 Å². The van der Waals surface area contributed by atoms with Crippen LogP contribution < -0.4 is 0 Å². The molecule has 2 saturated carbocycles. The first kappa shape index (κ1) is 14.3. The lowest BCUT2D eigenvalue weighted by Gasteiger charge is -2.23. The van der Waals surface area contributed by atoms with Gasteiger partial charge in [-0.15, -0.1) is 0 Å². The number of aryl methyl sites for hydroxylation is 1. The normalized spacial score (nSPS) is 18.6. The van der Waals surface area contributed by atoms with Gasteiger partial charge < -0.3 is 0 Å². The Kier molecular flexibility index (Phi) is 4.09. The molecule has 0 radical (unpaired) electrons. The summed E-state index contributed by atoms with van der Waals surface area (Å²) in [5, 5.41) is 10.9. The molecule has 112 valence electrons. The number of hydrogen-bond donors (Lipinski definition) is 0. The molecule has 0 saturated heterocycles. The molecule has 3 heteroatoms. The minimum absolute atomic E-state index is 0.203. The Morgan fingerprint density at radius 3 is 2.52 bits per heavy atom. The zero-order valence-corrected chi connectivity index (χ0v) is 12.7. The first-order valence-corrected chi connectivity index (χ1v) is 8.11. The number of nitro benzene ring substituents is 1. The molecule has 21 heavy (non-hydrogen) atoms. The first-order valence-electron chi connectivity index (χ1n) is 8.11. The fourth-order valence-electron chi connectivity index (χ4n) is 3.59. The van der Waals surface area contributed by atoms with Gasteiger partial charge in [-0.3, -0.25) is 10.1 Å². The highest BCUT2D eigenvalue weighted by Crippen LogP contribution is 2.43. The molecule has 2 aliphatic carbocycles. The van der Waals surface area contributed by atoms with Crippen LogP contribution in [-0.2, 0) is 0 Å².